The molecule has 0 atom stereocenters. The van der Waals surface area contributed by atoms with Crippen molar-refractivity contribution in [3.05, 3.63) is 72.2 Å². The molecule has 0 spiro atoms. The lowest BCUT2D eigenvalue weighted by atomic mass is 10.0. The lowest BCUT2D eigenvalue weighted by Crippen LogP contribution is -2.36. The molecule has 2 heterocycles. The Morgan fingerprint density at radius 1 is 0.929 bits per heavy atom. The number of morpholine rings is 1. The van der Waals surface area contributed by atoms with Crippen LogP contribution in [0, 0.1) is 0 Å². The van der Waals surface area contributed by atoms with Gasteiger partial charge in [0.15, 0.2) is 0 Å². The van der Waals surface area contributed by atoms with Crippen LogP contribution in [0.2, 0.25) is 0 Å². The molecule has 28 heavy (non-hydrogen) atoms. The average molecular weight is 378 g/mol. The first-order chi connectivity index (χ1) is 13.8. The van der Waals surface area contributed by atoms with Crippen LogP contribution in [-0.4, -0.2) is 36.3 Å². The van der Waals surface area contributed by atoms with Crippen molar-refractivity contribution in [1.29, 1.82) is 0 Å². The zero-order chi connectivity index (χ0) is 19.8. The van der Waals surface area contributed by atoms with Crippen LogP contribution < -0.4 is 22.3 Å². The number of para-hydroxylation sites is 1. The van der Waals surface area contributed by atoms with Crippen LogP contribution in [0.5, 0.6) is 0 Å². The van der Waals surface area contributed by atoms with Gasteiger partial charge in [-0.15, -0.1) is 0 Å². The van der Waals surface area contributed by atoms with Gasteiger partial charge in [-0.3, -0.25) is 11.7 Å². The predicted molar refractivity (Wildman–Crippen MR) is 113 cm³/mol. The molecule has 7 nitrogen and oxygen atoms in total. The Morgan fingerprint density at radius 2 is 1.71 bits per heavy atom. The number of nitrogens with two attached hydrogens (primary N) is 3. The van der Waals surface area contributed by atoms with E-state index >= 15 is 0 Å². The summed E-state index contributed by atoms with van der Waals surface area (Å²) in [5, 5.41) is 0. The number of ether oxygens (including phenoxy) is 1. The summed E-state index contributed by atoms with van der Waals surface area (Å²) in [6, 6.07) is 18.4. The number of hydrogen-bond acceptors (Lipinski definition) is 7. The van der Waals surface area contributed by atoms with Gasteiger partial charge in [-0.1, -0.05) is 30.3 Å². The van der Waals surface area contributed by atoms with Gasteiger partial charge in [0.1, 0.15) is 6.33 Å². The molecule has 4 rings (SSSR count). The molecule has 1 aliphatic rings. The summed E-state index contributed by atoms with van der Waals surface area (Å²) < 4.78 is 5.48. The molecule has 1 fully saturated rings. The minimum absolute atomic E-state index is 0.736. The van der Waals surface area contributed by atoms with E-state index in [9.17, 15) is 0 Å². The van der Waals surface area contributed by atoms with Crippen molar-refractivity contribution in [3.63, 3.8) is 0 Å². The topological polar surface area (TPSA) is 116 Å². The number of nitrogen functional groups attached to an aromatic ring is 1. The third kappa shape index (κ3) is 4.83. The molecule has 0 aliphatic carbocycles. The molecule has 1 saturated heterocycles. The molecule has 146 valence electrons. The fraction of sp³-hybridized carbons (Fsp3) is 0.238. The van der Waals surface area contributed by atoms with E-state index in [4.69, 9.17) is 10.5 Å². The van der Waals surface area contributed by atoms with E-state index in [0.717, 1.165) is 60.9 Å². The Hall–Kier alpha value is -3.00. The van der Waals surface area contributed by atoms with E-state index in [2.05, 4.69) is 63.0 Å². The third-order valence-corrected chi connectivity index (χ3v) is 4.59. The molecule has 3 aromatic rings. The summed E-state index contributed by atoms with van der Waals surface area (Å²) >= 11 is 0. The van der Waals surface area contributed by atoms with Crippen molar-refractivity contribution in [2.24, 2.45) is 11.7 Å². The van der Waals surface area contributed by atoms with Crippen LogP contribution in [0.1, 0.15) is 11.3 Å². The van der Waals surface area contributed by atoms with Crippen LogP contribution in [0.3, 0.4) is 0 Å². The van der Waals surface area contributed by atoms with Gasteiger partial charge in [0.2, 0.25) is 0 Å². The van der Waals surface area contributed by atoms with Crippen molar-refractivity contribution in [2.75, 3.05) is 36.9 Å². The Labute approximate surface area is 165 Å². The van der Waals surface area contributed by atoms with Crippen molar-refractivity contribution < 1.29 is 4.74 Å². The van der Waals surface area contributed by atoms with Crippen LogP contribution in [0.15, 0.2) is 60.9 Å². The molecule has 1 aromatic heterocycles. The van der Waals surface area contributed by atoms with E-state index < -0.39 is 0 Å². The Kier molecular flexibility index (Phi) is 6.91. The molecule has 0 unspecified atom stereocenters. The van der Waals surface area contributed by atoms with Crippen LogP contribution in [-0.2, 0) is 11.2 Å². The van der Waals surface area contributed by atoms with Gasteiger partial charge < -0.3 is 15.4 Å². The number of anilines is 2. The van der Waals surface area contributed by atoms with Crippen molar-refractivity contribution >= 4 is 11.4 Å². The molecule has 6 N–H and O–H groups in total. The fourth-order valence-corrected chi connectivity index (χ4v) is 3.32. The van der Waals surface area contributed by atoms with Gasteiger partial charge in [0, 0.05) is 42.1 Å². The van der Waals surface area contributed by atoms with Gasteiger partial charge in [-0.2, -0.15) is 0 Å². The van der Waals surface area contributed by atoms with Crippen LogP contribution in [0.25, 0.3) is 11.3 Å². The van der Waals surface area contributed by atoms with Gasteiger partial charge in [-0.05, 0) is 29.8 Å². The lowest BCUT2D eigenvalue weighted by molar-refractivity contribution is 0.123. The van der Waals surface area contributed by atoms with Gasteiger partial charge in [0.25, 0.3) is 0 Å². The Bertz CT molecular complexity index is 895. The normalized spacial score (nSPS) is 13.6. The Morgan fingerprint density at radius 3 is 2.50 bits per heavy atom. The van der Waals surface area contributed by atoms with E-state index in [-0.39, 0.29) is 0 Å². The number of rotatable bonds is 4. The SMILES string of the molecule is NN.Nc1cccc(Cc2cc(-c3ccccc3N3CCOCC3)ncn2)c1. The summed E-state index contributed by atoms with van der Waals surface area (Å²) in [5.41, 5.74) is 12.1. The molecule has 2 aromatic carbocycles. The van der Waals surface area contributed by atoms with E-state index in [0.29, 0.717) is 0 Å². The maximum absolute atomic E-state index is 5.89. The summed E-state index contributed by atoms with van der Waals surface area (Å²) in [5.74, 6) is 8.00. The minimum Gasteiger partial charge on any atom is -0.399 e. The lowest BCUT2D eigenvalue weighted by Gasteiger charge is -2.30. The zero-order valence-electron chi connectivity index (χ0n) is 15.8. The summed E-state index contributed by atoms with van der Waals surface area (Å²) in [6.45, 7) is 3.33. The molecule has 0 saturated carbocycles. The fourth-order valence-electron chi connectivity index (χ4n) is 3.32. The maximum Gasteiger partial charge on any atom is 0.116 e. The second-order valence-corrected chi connectivity index (χ2v) is 6.43. The summed E-state index contributed by atoms with van der Waals surface area (Å²) in [4.78, 5) is 11.3. The molecule has 1 aliphatic heterocycles. The quantitative estimate of drug-likeness (QED) is 0.361. The number of benzene rings is 2. The maximum atomic E-state index is 5.89. The van der Waals surface area contributed by atoms with Gasteiger partial charge in [0.05, 0.1) is 18.9 Å². The van der Waals surface area contributed by atoms with Crippen molar-refractivity contribution in [3.8, 4) is 11.3 Å². The van der Waals surface area contributed by atoms with Crippen LogP contribution >= 0.6 is 0 Å². The van der Waals surface area contributed by atoms with E-state index in [1.54, 1.807) is 6.33 Å². The van der Waals surface area contributed by atoms with Crippen LogP contribution in [0.4, 0.5) is 11.4 Å². The van der Waals surface area contributed by atoms with Crippen molar-refractivity contribution in [1.82, 2.24) is 9.97 Å². The zero-order valence-corrected chi connectivity index (χ0v) is 15.8. The van der Waals surface area contributed by atoms with Crippen molar-refractivity contribution in [2.45, 2.75) is 6.42 Å². The first-order valence-electron chi connectivity index (χ1n) is 9.20. The van der Waals surface area contributed by atoms with Gasteiger partial charge >= 0.3 is 0 Å². The highest BCUT2D eigenvalue weighted by Gasteiger charge is 2.16. The van der Waals surface area contributed by atoms with E-state index in [1.807, 2.05) is 18.2 Å². The first kappa shape index (κ1) is 19.8. The predicted octanol–water partition coefficient (Wildman–Crippen LogP) is 1.97. The number of hydrogen-bond donors (Lipinski definition) is 3. The number of aromatic nitrogens is 2. The summed E-state index contributed by atoms with van der Waals surface area (Å²) in [6.07, 6.45) is 2.38. The minimum atomic E-state index is 0.736. The second-order valence-electron chi connectivity index (χ2n) is 6.43. The monoisotopic (exact) mass is 378 g/mol. The first-order valence-corrected chi connectivity index (χ1v) is 9.20. The largest absolute Gasteiger partial charge is 0.399 e. The highest BCUT2D eigenvalue weighted by atomic mass is 16.5. The molecule has 0 amide bonds. The molecule has 0 bridgehead atoms. The Balaban J connectivity index is 0.00000109. The standard InChI is InChI=1S/C21H22N4O.H4N2/c22-17-5-3-4-16(12-17)13-18-14-20(24-15-23-18)19-6-1-2-7-21(19)25-8-10-26-11-9-25;1-2/h1-7,12,14-15H,8-11,13,22H2;1-2H2. The highest BCUT2D eigenvalue weighted by molar-refractivity contribution is 5.76. The smallest absolute Gasteiger partial charge is 0.116 e. The number of hydrazine groups is 1. The molecule has 7 heteroatoms. The third-order valence-electron chi connectivity index (χ3n) is 4.59. The average Bonchev–Trinajstić information content (AvgIpc) is 2.76. The molecule has 0 radical (unpaired) electrons. The highest BCUT2D eigenvalue weighted by Crippen LogP contribution is 2.30. The summed E-state index contributed by atoms with van der Waals surface area (Å²) in [7, 11) is 0. The number of nitrogens with zero attached hydrogens (tertiary/aromatic N) is 3. The molecular weight excluding hydrogens is 352 g/mol. The van der Waals surface area contributed by atoms with Gasteiger partial charge in [-0.25, -0.2) is 9.97 Å². The van der Waals surface area contributed by atoms with E-state index in [1.165, 1.54) is 5.69 Å². The molecular formula is C21H26N6O. The second kappa shape index (κ2) is 9.80.